The number of aliphatic hydroxyl groups excluding tert-OH is 1. The molecule has 1 N–H and O–H groups in total. The first-order valence-corrected chi connectivity index (χ1v) is 5.04. The molecule has 1 aliphatic rings. The Morgan fingerprint density at radius 3 is 2.73 bits per heavy atom. The van der Waals surface area contributed by atoms with Gasteiger partial charge < -0.3 is 9.84 Å². The summed E-state index contributed by atoms with van der Waals surface area (Å²) in [5.41, 5.74) is 1.59. The van der Waals surface area contributed by atoms with E-state index in [0.717, 1.165) is 11.1 Å². The Balaban J connectivity index is 2.39. The summed E-state index contributed by atoms with van der Waals surface area (Å²) in [7, 11) is 0. The van der Waals surface area contributed by atoms with Crippen molar-refractivity contribution in [2.75, 3.05) is 6.61 Å². The van der Waals surface area contributed by atoms with E-state index in [1.54, 1.807) is 0 Å². The Hall–Kier alpha value is -1.35. The number of aliphatic imine (C=N–C) groups is 1. The van der Waals surface area contributed by atoms with E-state index >= 15 is 0 Å². The summed E-state index contributed by atoms with van der Waals surface area (Å²) in [5, 5.41) is 9.20. The van der Waals surface area contributed by atoms with Crippen molar-refractivity contribution in [1.82, 2.24) is 0 Å². The molecular formula is C12H15NO2. The van der Waals surface area contributed by atoms with Crippen LogP contribution in [0.5, 0.6) is 0 Å². The summed E-state index contributed by atoms with van der Waals surface area (Å²) in [4.78, 5) is 4.48. The van der Waals surface area contributed by atoms with Gasteiger partial charge in [0, 0.05) is 5.56 Å². The van der Waals surface area contributed by atoms with Crippen LogP contribution in [-0.4, -0.2) is 23.2 Å². The molecule has 0 atom stereocenters. The highest BCUT2D eigenvalue weighted by atomic mass is 16.5. The first-order chi connectivity index (χ1) is 7.12. The van der Waals surface area contributed by atoms with Gasteiger partial charge in [-0.05, 0) is 25.5 Å². The largest absolute Gasteiger partial charge is 0.475 e. The van der Waals surface area contributed by atoms with Gasteiger partial charge in [-0.1, -0.05) is 18.2 Å². The van der Waals surface area contributed by atoms with Crippen LogP contribution in [-0.2, 0) is 11.3 Å². The van der Waals surface area contributed by atoms with Crippen LogP contribution < -0.4 is 0 Å². The monoisotopic (exact) mass is 205 g/mol. The molecule has 1 heterocycles. The van der Waals surface area contributed by atoms with Gasteiger partial charge >= 0.3 is 0 Å². The van der Waals surface area contributed by atoms with Crippen LogP contribution in [0.25, 0.3) is 0 Å². The normalized spacial score (nSPS) is 18.5. The van der Waals surface area contributed by atoms with Crippen molar-refractivity contribution in [3.63, 3.8) is 0 Å². The standard InChI is InChI=1S/C12H15NO2/c1-12(2)8-15-11(13-12)10-6-4-3-5-9(10)7-14/h3-6,14H,7-8H2,1-2H3. The van der Waals surface area contributed by atoms with E-state index in [4.69, 9.17) is 4.74 Å². The number of benzene rings is 1. The molecule has 0 aromatic heterocycles. The Morgan fingerprint density at radius 1 is 1.40 bits per heavy atom. The zero-order valence-electron chi connectivity index (χ0n) is 9.03. The van der Waals surface area contributed by atoms with E-state index in [1.165, 1.54) is 0 Å². The van der Waals surface area contributed by atoms with Gasteiger partial charge in [0.1, 0.15) is 6.61 Å². The molecule has 0 saturated carbocycles. The molecule has 1 aromatic carbocycles. The number of hydrogen-bond acceptors (Lipinski definition) is 3. The summed E-state index contributed by atoms with van der Waals surface area (Å²) < 4.78 is 5.54. The fraction of sp³-hybridized carbons (Fsp3) is 0.417. The topological polar surface area (TPSA) is 41.8 Å². The molecule has 0 unspecified atom stereocenters. The zero-order chi connectivity index (χ0) is 10.9. The number of rotatable bonds is 2. The highest BCUT2D eigenvalue weighted by Crippen LogP contribution is 2.22. The summed E-state index contributed by atoms with van der Waals surface area (Å²) in [6.07, 6.45) is 0. The third kappa shape index (κ3) is 2.02. The molecule has 2 rings (SSSR count). The fourth-order valence-corrected chi connectivity index (χ4v) is 1.59. The van der Waals surface area contributed by atoms with Gasteiger partial charge in [0.2, 0.25) is 5.90 Å². The lowest BCUT2D eigenvalue weighted by molar-refractivity contribution is 0.273. The SMILES string of the molecule is CC1(C)COC(c2ccccc2CO)=N1. The molecular weight excluding hydrogens is 190 g/mol. The maximum Gasteiger partial charge on any atom is 0.217 e. The van der Waals surface area contributed by atoms with E-state index in [9.17, 15) is 5.11 Å². The van der Waals surface area contributed by atoms with Crippen molar-refractivity contribution in [2.24, 2.45) is 4.99 Å². The van der Waals surface area contributed by atoms with Crippen LogP contribution in [0, 0.1) is 0 Å². The molecule has 0 aliphatic carbocycles. The Kier molecular flexibility index (Phi) is 2.49. The number of nitrogens with zero attached hydrogens (tertiary/aromatic N) is 1. The maximum absolute atomic E-state index is 9.20. The second-order valence-electron chi connectivity index (χ2n) is 4.33. The van der Waals surface area contributed by atoms with Crippen LogP contribution in [0.1, 0.15) is 25.0 Å². The molecule has 15 heavy (non-hydrogen) atoms. The van der Waals surface area contributed by atoms with Crippen LogP contribution >= 0.6 is 0 Å². The zero-order valence-corrected chi connectivity index (χ0v) is 9.03. The van der Waals surface area contributed by atoms with Crippen LogP contribution in [0.3, 0.4) is 0 Å². The lowest BCUT2D eigenvalue weighted by atomic mass is 10.1. The van der Waals surface area contributed by atoms with Gasteiger partial charge in [-0.15, -0.1) is 0 Å². The summed E-state index contributed by atoms with van der Waals surface area (Å²) >= 11 is 0. The summed E-state index contributed by atoms with van der Waals surface area (Å²) in [6, 6.07) is 7.62. The molecule has 0 spiro atoms. The third-order valence-electron chi connectivity index (χ3n) is 2.38. The van der Waals surface area contributed by atoms with Crippen molar-refractivity contribution < 1.29 is 9.84 Å². The minimum absolute atomic E-state index is 0.0129. The van der Waals surface area contributed by atoms with Crippen molar-refractivity contribution >= 4 is 5.90 Å². The number of ether oxygens (including phenoxy) is 1. The van der Waals surface area contributed by atoms with Crippen molar-refractivity contribution in [3.8, 4) is 0 Å². The molecule has 3 nitrogen and oxygen atoms in total. The molecule has 0 radical (unpaired) electrons. The predicted octanol–water partition coefficient (Wildman–Crippen LogP) is 1.73. The lowest BCUT2D eigenvalue weighted by Crippen LogP contribution is -2.17. The molecule has 3 heteroatoms. The first-order valence-electron chi connectivity index (χ1n) is 5.04. The highest BCUT2D eigenvalue weighted by molar-refractivity contribution is 5.96. The minimum atomic E-state index is -0.155. The second-order valence-corrected chi connectivity index (χ2v) is 4.33. The average Bonchev–Trinajstić information content (AvgIpc) is 2.59. The van der Waals surface area contributed by atoms with Crippen LogP contribution in [0.15, 0.2) is 29.3 Å². The molecule has 0 fully saturated rings. The first kappa shape index (κ1) is 10.2. The Bertz CT molecular complexity index is 396. The third-order valence-corrected chi connectivity index (χ3v) is 2.38. The van der Waals surface area contributed by atoms with Gasteiger partial charge in [-0.25, -0.2) is 4.99 Å². The van der Waals surface area contributed by atoms with E-state index < -0.39 is 0 Å². The fourth-order valence-electron chi connectivity index (χ4n) is 1.59. The van der Waals surface area contributed by atoms with Gasteiger partial charge in [-0.3, -0.25) is 0 Å². The van der Waals surface area contributed by atoms with Crippen molar-refractivity contribution in [3.05, 3.63) is 35.4 Å². The molecule has 1 aromatic rings. The van der Waals surface area contributed by atoms with Crippen molar-refractivity contribution in [2.45, 2.75) is 26.0 Å². The summed E-state index contributed by atoms with van der Waals surface area (Å²) in [6.45, 7) is 4.67. The maximum atomic E-state index is 9.20. The van der Waals surface area contributed by atoms with Crippen molar-refractivity contribution in [1.29, 1.82) is 0 Å². The Labute approximate surface area is 89.4 Å². The minimum Gasteiger partial charge on any atom is -0.475 e. The molecule has 0 bridgehead atoms. The predicted molar refractivity (Wildman–Crippen MR) is 58.9 cm³/mol. The molecule has 1 aliphatic heterocycles. The molecule has 80 valence electrons. The smallest absolute Gasteiger partial charge is 0.217 e. The van der Waals surface area contributed by atoms with Crippen LogP contribution in [0.4, 0.5) is 0 Å². The molecule has 0 amide bonds. The van der Waals surface area contributed by atoms with E-state index in [0.29, 0.717) is 12.5 Å². The molecule has 0 saturated heterocycles. The van der Waals surface area contributed by atoms with Gasteiger partial charge in [0.15, 0.2) is 0 Å². The Morgan fingerprint density at radius 2 is 2.13 bits per heavy atom. The quantitative estimate of drug-likeness (QED) is 0.799. The van der Waals surface area contributed by atoms with Gasteiger partial charge in [-0.2, -0.15) is 0 Å². The number of aliphatic hydroxyl groups is 1. The summed E-state index contributed by atoms with van der Waals surface area (Å²) in [5.74, 6) is 0.643. The second kappa shape index (κ2) is 3.66. The van der Waals surface area contributed by atoms with Gasteiger partial charge in [0.05, 0.1) is 12.1 Å². The highest BCUT2D eigenvalue weighted by Gasteiger charge is 2.27. The number of hydrogen-bond donors (Lipinski definition) is 1. The van der Waals surface area contributed by atoms with E-state index in [-0.39, 0.29) is 12.1 Å². The lowest BCUT2D eigenvalue weighted by Gasteiger charge is -2.07. The van der Waals surface area contributed by atoms with E-state index in [1.807, 2.05) is 38.1 Å². The van der Waals surface area contributed by atoms with Crippen LogP contribution in [0.2, 0.25) is 0 Å². The van der Waals surface area contributed by atoms with E-state index in [2.05, 4.69) is 4.99 Å². The van der Waals surface area contributed by atoms with Gasteiger partial charge in [0.25, 0.3) is 0 Å². The average molecular weight is 205 g/mol.